The molecule has 10 heavy (non-hydrogen) atoms. The van der Waals surface area contributed by atoms with Gasteiger partial charge in [0.2, 0.25) is 0 Å². The minimum absolute atomic E-state index is 0.527. The molecule has 0 radical (unpaired) electrons. The molecule has 0 aromatic carbocycles. The normalized spacial score (nSPS) is 28.2. The van der Waals surface area contributed by atoms with E-state index in [0.717, 1.165) is 0 Å². The molecule has 0 aromatic rings. The summed E-state index contributed by atoms with van der Waals surface area (Å²) in [5.41, 5.74) is -2.31. The fourth-order valence-corrected chi connectivity index (χ4v) is 0.957. The van der Waals surface area contributed by atoms with Gasteiger partial charge in [0, 0.05) is 5.41 Å². The van der Waals surface area contributed by atoms with Crippen molar-refractivity contribution in [1.29, 1.82) is 0 Å². The summed E-state index contributed by atoms with van der Waals surface area (Å²) in [7, 11) is 0. The van der Waals surface area contributed by atoms with Crippen molar-refractivity contribution in [2.75, 3.05) is 0 Å². The van der Waals surface area contributed by atoms with Crippen molar-refractivity contribution in [3.05, 3.63) is 0 Å². The summed E-state index contributed by atoms with van der Waals surface area (Å²) in [5, 5.41) is 9.24. The molecule has 1 N–H and O–H groups in total. The van der Waals surface area contributed by atoms with Crippen LogP contribution in [0.1, 0.15) is 26.7 Å². The Balaban J connectivity index is 2.67. The van der Waals surface area contributed by atoms with Gasteiger partial charge in [0.15, 0.2) is 0 Å². The second-order valence-electron chi connectivity index (χ2n) is 3.51. The van der Waals surface area contributed by atoms with Crippen LogP contribution in [-0.4, -0.2) is 17.1 Å². The van der Waals surface area contributed by atoms with Crippen LogP contribution in [0, 0.1) is 5.41 Å². The Labute approximate surface area is 59.0 Å². The first-order valence-electron chi connectivity index (χ1n) is 3.41. The van der Waals surface area contributed by atoms with Crippen LogP contribution < -0.4 is 0 Å². The third kappa shape index (κ3) is 0.926. The molecule has 0 bridgehead atoms. The maximum atomic E-state index is 12.1. The smallest absolute Gasteiger partial charge is 0.267 e. The van der Waals surface area contributed by atoms with E-state index >= 15 is 0 Å². The third-order valence-corrected chi connectivity index (χ3v) is 2.65. The molecule has 1 fully saturated rings. The maximum absolute atomic E-state index is 12.1. The molecule has 1 rings (SSSR count). The van der Waals surface area contributed by atoms with Crippen molar-refractivity contribution in [1.82, 2.24) is 0 Å². The molecule has 1 unspecified atom stereocenters. The second-order valence-corrected chi connectivity index (χ2v) is 3.51. The van der Waals surface area contributed by atoms with Gasteiger partial charge in [-0.15, -0.1) is 0 Å². The van der Waals surface area contributed by atoms with Crippen LogP contribution in [0.25, 0.3) is 0 Å². The zero-order chi connectivity index (χ0) is 7.99. The monoisotopic (exact) mass is 150 g/mol. The Morgan fingerprint density at radius 1 is 1.50 bits per heavy atom. The van der Waals surface area contributed by atoms with E-state index in [1.54, 1.807) is 6.92 Å². The number of alkyl halides is 2. The number of aliphatic hydroxyl groups is 1. The predicted molar refractivity (Wildman–Crippen MR) is 34.0 cm³/mol. The first-order valence-corrected chi connectivity index (χ1v) is 3.41. The molecule has 1 nitrogen and oxygen atoms in total. The molecular weight excluding hydrogens is 138 g/mol. The van der Waals surface area contributed by atoms with Crippen molar-refractivity contribution in [3.63, 3.8) is 0 Å². The largest absolute Gasteiger partial charge is 0.384 e. The molecule has 60 valence electrons. The highest BCUT2D eigenvalue weighted by Gasteiger charge is 2.57. The van der Waals surface area contributed by atoms with E-state index in [2.05, 4.69) is 0 Å². The van der Waals surface area contributed by atoms with Crippen LogP contribution in [0.5, 0.6) is 0 Å². The van der Waals surface area contributed by atoms with E-state index in [0.29, 0.717) is 12.8 Å². The van der Waals surface area contributed by atoms with Crippen molar-refractivity contribution >= 4 is 0 Å². The fourth-order valence-electron chi connectivity index (χ4n) is 0.957. The molecule has 1 saturated carbocycles. The standard InChI is InChI=1S/C7H12F2O/c1-6(3-4-6)7(2,10)5(8)9/h5,10H,3-4H2,1-2H3. The van der Waals surface area contributed by atoms with Gasteiger partial charge in [0.25, 0.3) is 6.43 Å². The lowest BCUT2D eigenvalue weighted by molar-refractivity contribution is -0.125. The van der Waals surface area contributed by atoms with E-state index in [4.69, 9.17) is 0 Å². The SMILES string of the molecule is CC1(C(C)(O)C(F)F)CC1. The number of hydrogen-bond acceptors (Lipinski definition) is 1. The van der Waals surface area contributed by atoms with Crippen LogP contribution in [0.2, 0.25) is 0 Å². The van der Waals surface area contributed by atoms with E-state index < -0.39 is 17.4 Å². The third-order valence-electron chi connectivity index (χ3n) is 2.65. The van der Waals surface area contributed by atoms with Gasteiger partial charge in [-0.3, -0.25) is 0 Å². The van der Waals surface area contributed by atoms with Crippen LogP contribution in [0.15, 0.2) is 0 Å². The highest BCUT2D eigenvalue weighted by molar-refractivity contribution is 5.04. The minimum atomic E-state index is -2.62. The minimum Gasteiger partial charge on any atom is -0.384 e. The van der Waals surface area contributed by atoms with Crippen molar-refractivity contribution in [3.8, 4) is 0 Å². The molecule has 1 atom stereocenters. The Morgan fingerprint density at radius 3 is 2.00 bits per heavy atom. The number of rotatable bonds is 2. The zero-order valence-corrected chi connectivity index (χ0v) is 6.19. The van der Waals surface area contributed by atoms with Gasteiger partial charge < -0.3 is 5.11 Å². The summed E-state index contributed by atoms with van der Waals surface area (Å²) in [4.78, 5) is 0. The first-order chi connectivity index (χ1) is 4.40. The van der Waals surface area contributed by atoms with Gasteiger partial charge >= 0.3 is 0 Å². The Kier molecular flexibility index (Phi) is 1.51. The van der Waals surface area contributed by atoms with Gasteiger partial charge in [-0.1, -0.05) is 6.92 Å². The van der Waals surface area contributed by atoms with Crippen molar-refractivity contribution in [2.24, 2.45) is 5.41 Å². The predicted octanol–water partition coefficient (Wildman–Crippen LogP) is 1.80. The molecule has 0 spiro atoms. The highest BCUT2D eigenvalue weighted by Crippen LogP contribution is 2.55. The topological polar surface area (TPSA) is 20.2 Å². The summed E-state index contributed by atoms with van der Waals surface area (Å²) in [6.07, 6.45) is -1.20. The van der Waals surface area contributed by atoms with E-state index in [1.807, 2.05) is 0 Å². The average molecular weight is 150 g/mol. The molecule has 0 aliphatic heterocycles. The lowest BCUT2D eigenvalue weighted by atomic mass is 9.88. The first kappa shape index (κ1) is 7.92. The summed E-state index contributed by atoms with van der Waals surface area (Å²) in [6.45, 7) is 2.91. The van der Waals surface area contributed by atoms with Crippen LogP contribution in [-0.2, 0) is 0 Å². The van der Waals surface area contributed by atoms with Crippen LogP contribution >= 0.6 is 0 Å². The molecule has 0 heterocycles. The van der Waals surface area contributed by atoms with Gasteiger partial charge in [-0.25, -0.2) is 8.78 Å². The van der Waals surface area contributed by atoms with E-state index in [1.165, 1.54) is 6.92 Å². The second kappa shape index (κ2) is 1.91. The molecule has 0 aromatic heterocycles. The average Bonchev–Trinajstić information content (AvgIpc) is 2.48. The number of halogens is 2. The summed E-state index contributed by atoms with van der Waals surface area (Å²) in [5.74, 6) is 0. The van der Waals surface area contributed by atoms with Gasteiger partial charge in [-0.2, -0.15) is 0 Å². The van der Waals surface area contributed by atoms with Gasteiger partial charge in [-0.05, 0) is 19.8 Å². The van der Waals surface area contributed by atoms with Gasteiger partial charge in [0.1, 0.15) is 5.60 Å². The van der Waals surface area contributed by atoms with E-state index in [9.17, 15) is 13.9 Å². The lowest BCUT2D eigenvalue weighted by Gasteiger charge is -2.29. The summed E-state index contributed by atoms with van der Waals surface area (Å²) < 4.78 is 24.2. The highest BCUT2D eigenvalue weighted by atomic mass is 19.3. The van der Waals surface area contributed by atoms with Crippen LogP contribution in [0.4, 0.5) is 8.78 Å². The summed E-state index contributed by atoms with van der Waals surface area (Å²) >= 11 is 0. The molecule has 3 heteroatoms. The Morgan fingerprint density at radius 2 is 1.90 bits per heavy atom. The zero-order valence-electron chi connectivity index (χ0n) is 6.19. The maximum Gasteiger partial charge on any atom is 0.267 e. The quantitative estimate of drug-likeness (QED) is 0.636. The van der Waals surface area contributed by atoms with Crippen molar-refractivity contribution < 1.29 is 13.9 Å². The van der Waals surface area contributed by atoms with Crippen molar-refractivity contribution in [2.45, 2.75) is 38.7 Å². The van der Waals surface area contributed by atoms with Crippen LogP contribution in [0.3, 0.4) is 0 Å². The molecule has 1 aliphatic rings. The lowest BCUT2D eigenvalue weighted by Crippen LogP contribution is -2.41. The molecule has 0 amide bonds. The van der Waals surface area contributed by atoms with Gasteiger partial charge in [0.05, 0.1) is 0 Å². The molecule has 1 aliphatic carbocycles. The molecule has 0 saturated heterocycles. The number of hydrogen-bond donors (Lipinski definition) is 1. The Hall–Kier alpha value is -0.180. The fraction of sp³-hybridized carbons (Fsp3) is 1.00. The molecular formula is C7H12F2O. The Bertz CT molecular complexity index is 139. The van der Waals surface area contributed by atoms with E-state index in [-0.39, 0.29) is 0 Å². The summed E-state index contributed by atoms with van der Waals surface area (Å²) in [6, 6.07) is 0.